The summed E-state index contributed by atoms with van der Waals surface area (Å²) in [6.45, 7) is 0. The summed E-state index contributed by atoms with van der Waals surface area (Å²) in [5.74, 6) is 0.617. The number of aromatic nitrogens is 3. The minimum absolute atomic E-state index is 0.577. The largest absolute Gasteiger partial charge is 0.463 e. The molecule has 0 aliphatic carbocycles. The fraction of sp³-hybridized carbons (Fsp3) is 0. The van der Waals surface area contributed by atoms with E-state index in [4.69, 9.17) is 8.94 Å². The van der Waals surface area contributed by atoms with Crippen molar-refractivity contribution in [2.75, 3.05) is 0 Å². The Balaban J connectivity index is 1.75. The van der Waals surface area contributed by atoms with E-state index in [1.165, 1.54) is 5.39 Å². The van der Waals surface area contributed by atoms with Crippen LogP contribution in [0.2, 0.25) is 0 Å². The van der Waals surface area contributed by atoms with E-state index in [0.29, 0.717) is 17.0 Å². The highest BCUT2D eigenvalue weighted by molar-refractivity contribution is 5.99. The molecule has 0 saturated heterocycles. The Kier molecular flexibility index (Phi) is 2.72. The second-order valence-electron chi connectivity index (χ2n) is 5.51. The standard InChI is InChI=1S/C19H11N3O2/c1-2-5-13-10-14(8-7-12(13)4-1)17-15-11-24-22-18(15)19(21-20-17)16-6-3-9-23-16/h1-11H. The molecule has 0 spiro atoms. The Morgan fingerprint density at radius 1 is 0.792 bits per heavy atom. The molecule has 5 nitrogen and oxygen atoms in total. The van der Waals surface area contributed by atoms with E-state index in [0.717, 1.165) is 22.0 Å². The molecule has 0 aliphatic heterocycles. The van der Waals surface area contributed by atoms with Crippen LogP contribution < -0.4 is 0 Å². The van der Waals surface area contributed by atoms with Crippen molar-refractivity contribution in [2.24, 2.45) is 0 Å². The van der Waals surface area contributed by atoms with Crippen LogP contribution in [0.3, 0.4) is 0 Å². The fourth-order valence-corrected chi connectivity index (χ4v) is 2.91. The number of benzene rings is 2. The van der Waals surface area contributed by atoms with Crippen LogP contribution in [-0.4, -0.2) is 15.4 Å². The topological polar surface area (TPSA) is 65.0 Å². The highest BCUT2D eigenvalue weighted by Gasteiger charge is 2.17. The molecule has 24 heavy (non-hydrogen) atoms. The van der Waals surface area contributed by atoms with Gasteiger partial charge in [-0.3, -0.25) is 0 Å². The second-order valence-corrected chi connectivity index (χ2v) is 5.51. The maximum Gasteiger partial charge on any atom is 0.158 e. The minimum Gasteiger partial charge on any atom is -0.463 e. The molecule has 0 fully saturated rings. The SMILES string of the molecule is c1coc(-c2nnc(-c3ccc4ccccc4c3)c3conc23)c1. The zero-order valence-electron chi connectivity index (χ0n) is 12.5. The Morgan fingerprint density at radius 2 is 1.67 bits per heavy atom. The number of furan rings is 1. The van der Waals surface area contributed by atoms with Crippen LogP contribution in [0.25, 0.3) is 44.4 Å². The van der Waals surface area contributed by atoms with Gasteiger partial charge < -0.3 is 8.94 Å². The molecule has 5 heteroatoms. The van der Waals surface area contributed by atoms with Crippen LogP contribution in [0, 0.1) is 0 Å². The van der Waals surface area contributed by atoms with Gasteiger partial charge in [-0.05, 0) is 29.0 Å². The second kappa shape index (κ2) is 5.03. The Hall–Kier alpha value is -3.47. The van der Waals surface area contributed by atoms with Crippen molar-refractivity contribution in [1.29, 1.82) is 0 Å². The number of hydrogen-bond acceptors (Lipinski definition) is 5. The Labute approximate surface area is 136 Å². The van der Waals surface area contributed by atoms with Gasteiger partial charge in [0.1, 0.15) is 17.5 Å². The van der Waals surface area contributed by atoms with Crippen LogP contribution in [0.4, 0.5) is 0 Å². The molecule has 0 atom stereocenters. The van der Waals surface area contributed by atoms with Crippen molar-refractivity contribution in [3.05, 3.63) is 67.1 Å². The first kappa shape index (κ1) is 13.0. The van der Waals surface area contributed by atoms with Crippen LogP contribution >= 0.6 is 0 Å². The monoisotopic (exact) mass is 313 g/mol. The Bertz CT molecular complexity index is 1160. The van der Waals surface area contributed by atoms with Crippen molar-refractivity contribution < 1.29 is 8.94 Å². The zero-order chi connectivity index (χ0) is 15.9. The first-order valence-electron chi connectivity index (χ1n) is 7.54. The molecule has 2 aromatic carbocycles. The smallest absolute Gasteiger partial charge is 0.158 e. The third kappa shape index (κ3) is 1.91. The maximum absolute atomic E-state index is 5.42. The highest BCUT2D eigenvalue weighted by Crippen LogP contribution is 2.32. The summed E-state index contributed by atoms with van der Waals surface area (Å²) in [5.41, 5.74) is 2.93. The molecular formula is C19H11N3O2. The van der Waals surface area contributed by atoms with Crippen molar-refractivity contribution in [1.82, 2.24) is 15.4 Å². The van der Waals surface area contributed by atoms with E-state index in [1.54, 1.807) is 18.6 Å². The molecule has 5 rings (SSSR count). The van der Waals surface area contributed by atoms with Gasteiger partial charge >= 0.3 is 0 Å². The average Bonchev–Trinajstić information content (AvgIpc) is 3.32. The van der Waals surface area contributed by atoms with Gasteiger partial charge in [0.2, 0.25) is 0 Å². The molecule has 3 aromatic heterocycles. The summed E-state index contributed by atoms with van der Waals surface area (Å²) in [5, 5.41) is 15.9. The first-order chi connectivity index (χ1) is 11.9. The molecule has 0 amide bonds. The van der Waals surface area contributed by atoms with Crippen LogP contribution in [-0.2, 0) is 0 Å². The van der Waals surface area contributed by atoms with Gasteiger partial charge in [0.15, 0.2) is 11.5 Å². The fourth-order valence-electron chi connectivity index (χ4n) is 2.91. The van der Waals surface area contributed by atoms with Crippen molar-refractivity contribution in [2.45, 2.75) is 0 Å². The molecule has 0 radical (unpaired) electrons. The summed E-state index contributed by atoms with van der Waals surface area (Å²) < 4.78 is 10.6. The van der Waals surface area contributed by atoms with E-state index in [-0.39, 0.29) is 0 Å². The summed E-state index contributed by atoms with van der Waals surface area (Å²) in [6.07, 6.45) is 3.20. The molecule has 0 N–H and O–H groups in total. The van der Waals surface area contributed by atoms with Crippen LogP contribution in [0.15, 0.2) is 76.1 Å². The molecule has 0 unspecified atom stereocenters. The van der Waals surface area contributed by atoms with E-state index in [9.17, 15) is 0 Å². The minimum atomic E-state index is 0.577. The van der Waals surface area contributed by atoms with Crippen LogP contribution in [0.1, 0.15) is 0 Å². The normalized spacial score (nSPS) is 11.3. The van der Waals surface area contributed by atoms with E-state index < -0.39 is 0 Å². The third-order valence-corrected chi connectivity index (χ3v) is 4.08. The Morgan fingerprint density at radius 3 is 2.54 bits per heavy atom. The van der Waals surface area contributed by atoms with E-state index in [2.05, 4.69) is 39.6 Å². The lowest BCUT2D eigenvalue weighted by atomic mass is 10.0. The maximum atomic E-state index is 5.42. The number of rotatable bonds is 2. The van der Waals surface area contributed by atoms with Gasteiger partial charge in [-0.15, -0.1) is 10.2 Å². The molecule has 5 aromatic rings. The number of nitrogens with zero attached hydrogens (tertiary/aromatic N) is 3. The van der Waals surface area contributed by atoms with Gasteiger partial charge in [-0.2, -0.15) is 0 Å². The lowest BCUT2D eigenvalue weighted by Crippen LogP contribution is -1.93. The molecule has 0 saturated carbocycles. The number of hydrogen-bond donors (Lipinski definition) is 0. The van der Waals surface area contributed by atoms with Crippen molar-refractivity contribution in [3.63, 3.8) is 0 Å². The van der Waals surface area contributed by atoms with Gasteiger partial charge in [0.25, 0.3) is 0 Å². The molecule has 0 bridgehead atoms. The average molecular weight is 313 g/mol. The van der Waals surface area contributed by atoms with Gasteiger partial charge in [-0.1, -0.05) is 41.6 Å². The predicted octanol–water partition coefficient (Wildman–Crippen LogP) is 4.70. The van der Waals surface area contributed by atoms with Crippen molar-refractivity contribution in [3.8, 4) is 22.7 Å². The van der Waals surface area contributed by atoms with Crippen LogP contribution in [0.5, 0.6) is 0 Å². The lowest BCUT2D eigenvalue weighted by Gasteiger charge is -2.05. The molecule has 0 aliphatic rings. The van der Waals surface area contributed by atoms with E-state index >= 15 is 0 Å². The highest BCUT2D eigenvalue weighted by atomic mass is 16.5. The van der Waals surface area contributed by atoms with Crippen molar-refractivity contribution >= 4 is 21.7 Å². The zero-order valence-corrected chi connectivity index (χ0v) is 12.5. The summed E-state index contributed by atoms with van der Waals surface area (Å²) in [7, 11) is 0. The van der Waals surface area contributed by atoms with Gasteiger partial charge in [0, 0.05) is 5.56 Å². The quantitative estimate of drug-likeness (QED) is 0.472. The van der Waals surface area contributed by atoms with Gasteiger partial charge in [0.05, 0.1) is 11.6 Å². The molecule has 114 valence electrons. The third-order valence-electron chi connectivity index (χ3n) is 4.08. The number of fused-ring (bicyclic) bond motifs is 2. The van der Waals surface area contributed by atoms with Gasteiger partial charge in [-0.25, -0.2) is 0 Å². The predicted molar refractivity (Wildman–Crippen MR) is 90.2 cm³/mol. The molecular weight excluding hydrogens is 302 g/mol. The van der Waals surface area contributed by atoms with E-state index in [1.807, 2.05) is 24.3 Å². The lowest BCUT2D eigenvalue weighted by molar-refractivity contribution is 0.428. The summed E-state index contributed by atoms with van der Waals surface area (Å²) in [6, 6.07) is 18.0. The first-order valence-corrected chi connectivity index (χ1v) is 7.54. The summed E-state index contributed by atoms with van der Waals surface area (Å²) >= 11 is 0. The molecule has 3 heterocycles. The summed E-state index contributed by atoms with van der Waals surface area (Å²) in [4.78, 5) is 0.